The average Bonchev–Trinajstić information content (AvgIpc) is 2.35. The van der Waals surface area contributed by atoms with E-state index in [2.05, 4.69) is 30.2 Å². The van der Waals surface area contributed by atoms with Crippen LogP contribution in [0.5, 0.6) is 0 Å². The van der Waals surface area contributed by atoms with Crippen LogP contribution in [0.15, 0.2) is 23.6 Å². The van der Waals surface area contributed by atoms with Gasteiger partial charge in [-0.25, -0.2) is 4.68 Å². The van der Waals surface area contributed by atoms with Crippen LogP contribution in [0.4, 0.5) is 5.69 Å². The molecule has 0 fully saturated rings. The molecule has 0 amide bonds. The van der Waals surface area contributed by atoms with Gasteiger partial charge in [0.25, 0.3) is 5.56 Å². The Morgan fingerprint density at radius 2 is 2.44 bits per heavy atom. The zero-order chi connectivity index (χ0) is 13.5. The highest BCUT2D eigenvalue weighted by Crippen LogP contribution is 2.16. The van der Waals surface area contributed by atoms with Gasteiger partial charge in [-0.3, -0.25) is 4.79 Å². The van der Waals surface area contributed by atoms with E-state index in [1.54, 1.807) is 24.0 Å². The summed E-state index contributed by atoms with van der Waals surface area (Å²) >= 11 is 7.82. The van der Waals surface area contributed by atoms with Crippen molar-refractivity contribution in [3.05, 3.63) is 34.2 Å². The number of aromatic nitrogens is 2. The van der Waals surface area contributed by atoms with Crippen molar-refractivity contribution in [3.8, 4) is 0 Å². The minimum absolute atomic E-state index is 0.184. The highest BCUT2D eigenvalue weighted by molar-refractivity contribution is 7.98. The summed E-state index contributed by atoms with van der Waals surface area (Å²) in [6, 6.07) is 0. The quantitative estimate of drug-likeness (QED) is 0.783. The lowest BCUT2D eigenvalue weighted by Crippen LogP contribution is -2.24. The van der Waals surface area contributed by atoms with E-state index in [4.69, 9.17) is 11.6 Å². The van der Waals surface area contributed by atoms with Gasteiger partial charge in [0.1, 0.15) is 5.02 Å². The average molecular weight is 288 g/mol. The predicted octanol–water partition coefficient (Wildman–Crippen LogP) is 2.49. The minimum atomic E-state index is -0.293. The molecule has 1 heterocycles. The van der Waals surface area contributed by atoms with Crippen molar-refractivity contribution in [2.45, 2.75) is 13.5 Å². The fourth-order valence-corrected chi connectivity index (χ4v) is 2.37. The molecule has 1 rings (SSSR count). The van der Waals surface area contributed by atoms with Gasteiger partial charge in [0.15, 0.2) is 0 Å². The zero-order valence-electron chi connectivity index (χ0n) is 10.6. The lowest BCUT2D eigenvalue weighted by molar-refractivity contribution is 0.650. The third kappa shape index (κ3) is 4.07. The van der Waals surface area contributed by atoms with Crippen LogP contribution in [0.1, 0.15) is 6.92 Å². The van der Waals surface area contributed by atoms with Crippen LogP contribution < -0.4 is 10.9 Å². The zero-order valence-corrected chi connectivity index (χ0v) is 12.2. The van der Waals surface area contributed by atoms with E-state index in [0.29, 0.717) is 18.2 Å². The molecule has 4 nitrogen and oxygen atoms in total. The van der Waals surface area contributed by atoms with Gasteiger partial charge in [-0.2, -0.15) is 16.9 Å². The van der Waals surface area contributed by atoms with Gasteiger partial charge in [0.05, 0.1) is 18.4 Å². The molecule has 100 valence electrons. The molecule has 0 saturated heterocycles. The molecule has 0 bridgehead atoms. The first-order valence-corrected chi connectivity index (χ1v) is 7.46. The summed E-state index contributed by atoms with van der Waals surface area (Å²) in [6.07, 6.45) is 5.26. The maximum absolute atomic E-state index is 11.8. The highest BCUT2D eigenvalue weighted by Gasteiger charge is 2.09. The van der Waals surface area contributed by atoms with Crippen molar-refractivity contribution >= 4 is 29.1 Å². The number of nitrogens with zero attached hydrogens (tertiary/aromatic N) is 2. The summed E-state index contributed by atoms with van der Waals surface area (Å²) in [6.45, 7) is 6.84. The topological polar surface area (TPSA) is 46.9 Å². The molecular weight excluding hydrogens is 270 g/mol. The van der Waals surface area contributed by atoms with Gasteiger partial charge < -0.3 is 5.32 Å². The maximum Gasteiger partial charge on any atom is 0.287 e. The summed E-state index contributed by atoms with van der Waals surface area (Å²) in [7, 11) is 0. The molecule has 0 radical (unpaired) electrons. The van der Waals surface area contributed by atoms with Crippen molar-refractivity contribution in [1.82, 2.24) is 9.78 Å². The third-order valence-electron chi connectivity index (χ3n) is 2.38. The van der Waals surface area contributed by atoms with E-state index in [1.807, 2.05) is 0 Å². The van der Waals surface area contributed by atoms with Gasteiger partial charge in [-0.05, 0) is 17.9 Å². The molecule has 0 saturated carbocycles. The summed E-state index contributed by atoms with van der Waals surface area (Å²) in [5.74, 6) is 1.57. The van der Waals surface area contributed by atoms with Crippen molar-refractivity contribution in [3.63, 3.8) is 0 Å². The largest absolute Gasteiger partial charge is 0.382 e. The summed E-state index contributed by atoms with van der Waals surface area (Å²) in [5, 5.41) is 7.38. The Bertz CT molecular complexity index is 461. The van der Waals surface area contributed by atoms with Crippen LogP contribution in [0.3, 0.4) is 0 Å². The van der Waals surface area contributed by atoms with Crippen molar-refractivity contribution in [2.24, 2.45) is 5.92 Å². The Balaban J connectivity index is 2.76. The van der Waals surface area contributed by atoms with E-state index < -0.39 is 0 Å². The van der Waals surface area contributed by atoms with Crippen molar-refractivity contribution in [1.29, 1.82) is 0 Å². The lowest BCUT2D eigenvalue weighted by Gasteiger charge is -2.13. The van der Waals surface area contributed by atoms with Gasteiger partial charge >= 0.3 is 0 Å². The summed E-state index contributed by atoms with van der Waals surface area (Å²) < 4.78 is 1.28. The number of hydrogen-bond acceptors (Lipinski definition) is 4. The first-order valence-electron chi connectivity index (χ1n) is 5.69. The van der Waals surface area contributed by atoms with Crippen molar-refractivity contribution in [2.75, 3.05) is 23.9 Å². The lowest BCUT2D eigenvalue weighted by atomic mass is 10.2. The fourth-order valence-electron chi connectivity index (χ4n) is 1.47. The normalized spacial score (nSPS) is 12.2. The van der Waals surface area contributed by atoms with Gasteiger partial charge in [0, 0.05) is 6.54 Å². The second kappa shape index (κ2) is 7.48. The van der Waals surface area contributed by atoms with Crippen LogP contribution >= 0.6 is 23.4 Å². The van der Waals surface area contributed by atoms with Crippen LogP contribution in [-0.2, 0) is 6.54 Å². The first-order chi connectivity index (χ1) is 8.60. The Morgan fingerprint density at radius 3 is 3.06 bits per heavy atom. The highest BCUT2D eigenvalue weighted by atomic mass is 35.5. The van der Waals surface area contributed by atoms with E-state index in [0.717, 1.165) is 12.3 Å². The number of allylic oxidation sites excluding steroid dienone is 1. The molecule has 0 aliphatic heterocycles. The molecule has 18 heavy (non-hydrogen) atoms. The predicted molar refractivity (Wildman–Crippen MR) is 79.7 cm³/mol. The molecule has 0 spiro atoms. The fraction of sp³-hybridized carbons (Fsp3) is 0.500. The molecular formula is C12H18ClN3OS. The SMILES string of the molecule is C=CCn1ncc(NCC(C)CSC)c(Cl)c1=O. The smallest absolute Gasteiger partial charge is 0.287 e. The third-order valence-corrected chi connectivity index (χ3v) is 3.65. The van der Waals surface area contributed by atoms with Crippen molar-refractivity contribution < 1.29 is 0 Å². The number of halogens is 1. The standard InChI is InChI=1S/C12H18ClN3OS/c1-4-5-16-12(17)11(13)10(7-15-16)14-6-9(2)8-18-3/h4,7,9,14H,1,5-6,8H2,2-3H3. The van der Waals surface area contributed by atoms with Gasteiger partial charge in [-0.1, -0.05) is 24.6 Å². The summed E-state index contributed by atoms with van der Waals surface area (Å²) in [4.78, 5) is 11.8. The van der Waals surface area contributed by atoms with Gasteiger partial charge in [-0.15, -0.1) is 6.58 Å². The van der Waals surface area contributed by atoms with E-state index >= 15 is 0 Å². The molecule has 1 atom stereocenters. The first kappa shape index (κ1) is 15.1. The second-order valence-corrected chi connectivity index (χ2v) is 5.38. The van der Waals surface area contributed by atoms with Crippen LogP contribution in [0.2, 0.25) is 5.02 Å². The molecule has 0 aliphatic rings. The summed E-state index contributed by atoms with van der Waals surface area (Å²) in [5.41, 5.74) is 0.300. The Labute approximate surface area is 116 Å². The number of thioether (sulfide) groups is 1. The Hall–Kier alpha value is -0.940. The molecule has 1 N–H and O–H groups in total. The molecule has 1 aromatic rings. The van der Waals surface area contributed by atoms with Gasteiger partial charge in [0.2, 0.25) is 0 Å². The Kier molecular flexibility index (Phi) is 6.29. The maximum atomic E-state index is 11.8. The van der Waals surface area contributed by atoms with E-state index in [1.165, 1.54) is 4.68 Å². The Morgan fingerprint density at radius 1 is 1.72 bits per heavy atom. The van der Waals surface area contributed by atoms with Crippen LogP contribution in [-0.4, -0.2) is 28.3 Å². The number of anilines is 1. The minimum Gasteiger partial charge on any atom is -0.382 e. The van der Waals surface area contributed by atoms with Crippen LogP contribution in [0, 0.1) is 5.92 Å². The van der Waals surface area contributed by atoms with Crippen LogP contribution in [0.25, 0.3) is 0 Å². The molecule has 0 aromatic carbocycles. The molecule has 0 aliphatic carbocycles. The number of rotatable bonds is 7. The monoisotopic (exact) mass is 287 g/mol. The second-order valence-electron chi connectivity index (χ2n) is 4.09. The van der Waals surface area contributed by atoms with E-state index in [-0.39, 0.29) is 10.6 Å². The number of hydrogen-bond donors (Lipinski definition) is 1. The molecule has 1 unspecified atom stereocenters. The number of nitrogens with one attached hydrogen (secondary N) is 1. The van der Waals surface area contributed by atoms with E-state index in [9.17, 15) is 4.79 Å². The molecule has 6 heteroatoms. The molecule has 1 aromatic heterocycles.